The Kier molecular flexibility index (Phi) is 7.87. The van der Waals surface area contributed by atoms with Crippen molar-refractivity contribution < 1.29 is 17.9 Å². The topological polar surface area (TPSA) is 75.7 Å². The molecule has 0 bridgehead atoms. The Hall–Kier alpha value is -2.38. The largest absolute Gasteiger partial charge is 0.494 e. The zero-order valence-electron chi connectivity index (χ0n) is 17.4. The highest BCUT2D eigenvalue weighted by atomic mass is 32.2. The van der Waals surface area contributed by atoms with E-state index in [0.717, 1.165) is 31.2 Å². The number of hydrogen-bond acceptors (Lipinski definition) is 4. The average Bonchev–Trinajstić information content (AvgIpc) is 2.75. The first kappa shape index (κ1) is 22.3. The van der Waals surface area contributed by atoms with Crippen LogP contribution in [0.25, 0.3) is 0 Å². The maximum atomic E-state index is 13.3. The Morgan fingerprint density at radius 1 is 1.03 bits per heavy atom. The summed E-state index contributed by atoms with van der Waals surface area (Å²) in [5, 5.41) is 3.02. The molecule has 0 aliphatic heterocycles. The Bertz CT molecular complexity index is 908. The van der Waals surface area contributed by atoms with Crippen LogP contribution < -0.4 is 10.1 Å². The van der Waals surface area contributed by atoms with Crippen molar-refractivity contribution in [1.29, 1.82) is 0 Å². The maximum Gasteiger partial charge on any atom is 0.243 e. The molecule has 2 aromatic carbocycles. The van der Waals surface area contributed by atoms with Gasteiger partial charge >= 0.3 is 0 Å². The van der Waals surface area contributed by atoms with Gasteiger partial charge in [-0.25, -0.2) is 8.42 Å². The first-order valence-electron chi connectivity index (χ1n) is 10.6. The second-order valence-corrected chi connectivity index (χ2v) is 9.50. The predicted molar refractivity (Wildman–Crippen MR) is 117 cm³/mol. The van der Waals surface area contributed by atoms with Crippen molar-refractivity contribution in [2.75, 3.05) is 13.2 Å². The fourth-order valence-electron chi connectivity index (χ4n) is 3.72. The maximum absolute atomic E-state index is 13.3. The number of benzene rings is 2. The van der Waals surface area contributed by atoms with Gasteiger partial charge in [-0.05, 0) is 49.6 Å². The summed E-state index contributed by atoms with van der Waals surface area (Å²) in [5.41, 5.74) is 0.831. The molecule has 1 aliphatic rings. The molecule has 1 aliphatic carbocycles. The first-order valence-corrected chi connectivity index (χ1v) is 12.0. The predicted octanol–water partition coefficient (Wildman–Crippen LogP) is 3.73. The van der Waals surface area contributed by atoms with E-state index in [1.165, 1.54) is 22.9 Å². The van der Waals surface area contributed by atoms with Gasteiger partial charge in [-0.15, -0.1) is 0 Å². The summed E-state index contributed by atoms with van der Waals surface area (Å²) >= 11 is 0. The first-order chi connectivity index (χ1) is 14.5. The van der Waals surface area contributed by atoms with E-state index in [0.29, 0.717) is 12.4 Å². The minimum Gasteiger partial charge on any atom is -0.494 e. The molecule has 0 unspecified atom stereocenters. The van der Waals surface area contributed by atoms with Crippen molar-refractivity contribution in [3.63, 3.8) is 0 Å². The number of nitrogens with zero attached hydrogens (tertiary/aromatic N) is 1. The smallest absolute Gasteiger partial charge is 0.243 e. The van der Waals surface area contributed by atoms with E-state index in [9.17, 15) is 13.2 Å². The quantitative estimate of drug-likeness (QED) is 0.658. The lowest BCUT2D eigenvalue weighted by Gasteiger charge is -2.26. The van der Waals surface area contributed by atoms with Gasteiger partial charge in [-0.1, -0.05) is 49.6 Å². The fourth-order valence-corrected chi connectivity index (χ4v) is 5.10. The lowest BCUT2D eigenvalue weighted by molar-refractivity contribution is -0.122. The molecule has 0 spiro atoms. The third kappa shape index (κ3) is 6.06. The molecule has 3 rings (SSSR count). The molecule has 1 saturated carbocycles. The molecule has 30 heavy (non-hydrogen) atoms. The number of carbonyl (C=O) groups is 1. The van der Waals surface area contributed by atoms with Crippen LogP contribution in [0.3, 0.4) is 0 Å². The van der Waals surface area contributed by atoms with Crippen LogP contribution in [0.5, 0.6) is 5.75 Å². The highest BCUT2D eigenvalue weighted by Crippen LogP contribution is 2.22. The number of hydrogen-bond donors (Lipinski definition) is 1. The Morgan fingerprint density at radius 2 is 1.70 bits per heavy atom. The van der Waals surface area contributed by atoms with Crippen molar-refractivity contribution >= 4 is 15.9 Å². The van der Waals surface area contributed by atoms with Gasteiger partial charge in [0.2, 0.25) is 15.9 Å². The van der Waals surface area contributed by atoms with Crippen LogP contribution in [0, 0.1) is 0 Å². The van der Waals surface area contributed by atoms with E-state index >= 15 is 0 Å². The number of rotatable bonds is 9. The Morgan fingerprint density at radius 3 is 2.33 bits per heavy atom. The van der Waals surface area contributed by atoms with Crippen molar-refractivity contribution in [2.45, 2.75) is 56.5 Å². The third-order valence-electron chi connectivity index (χ3n) is 5.26. The molecule has 2 aromatic rings. The summed E-state index contributed by atoms with van der Waals surface area (Å²) in [4.78, 5) is 12.8. The molecule has 0 heterocycles. The third-order valence-corrected chi connectivity index (χ3v) is 7.07. The molecular weight excluding hydrogens is 400 g/mol. The normalized spacial score (nSPS) is 15.1. The SMILES string of the molecule is CCOc1ccc(S(=O)(=O)N(CC(=O)NC2CCCCC2)Cc2ccccc2)cc1. The lowest BCUT2D eigenvalue weighted by Crippen LogP contribution is -2.44. The van der Waals surface area contributed by atoms with Crippen LogP contribution in [0.4, 0.5) is 0 Å². The van der Waals surface area contributed by atoms with Crippen LogP contribution in [0.1, 0.15) is 44.6 Å². The second-order valence-electron chi connectivity index (χ2n) is 7.57. The summed E-state index contributed by atoms with van der Waals surface area (Å²) < 4.78 is 33.3. The van der Waals surface area contributed by atoms with Crippen LogP contribution in [0.15, 0.2) is 59.5 Å². The second kappa shape index (κ2) is 10.6. The number of nitrogens with one attached hydrogen (secondary N) is 1. The van der Waals surface area contributed by atoms with Gasteiger partial charge in [0.15, 0.2) is 0 Å². The van der Waals surface area contributed by atoms with E-state index in [4.69, 9.17) is 4.74 Å². The van der Waals surface area contributed by atoms with E-state index in [2.05, 4.69) is 5.32 Å². The zero-order chi connectivity index (χ0) is 21.4. The van der Waals surface area contributed by atoms with E-state index in [1.54, 1.807) is 12.1 Å². The van der Waals surface area contributed by atoms with Gasteiger partial charge in [0, 0.05) is 12.6 Å². The summed E-state index contributed by atoms with van der Waals surface area (Å²) in [6.07, 6.45) is 5.30. The van der Waals surface area contributed by atoms with Crippen molar-refractivity contribution in [2.24, 2.45) is 0 Å². The minimum atomic E-state index is -3.85. The monoisotopic (exact) mass is 430 g/mol. The Labute approximate surface area is 179 Å². The number of ether oxygens (including phenoxy) is 1. The van der Waals surface area contributed by atoms with Crippen molar-refractivity contribution in [1.82, 2.24) is 9.62 Å². The summed E-state index contributed by atoms with van der Waals surface area (Å²) in [6.45, 7) is 2.31. The molecule has 0 saturated heterocycles. The van der Waals surface area contributed by atoms with E-state index < -0.39 is 10.0 Å². The minimum absolute atomic E-state index is 0.133. The van der Waals surface area contributed by atoms with Crippen LogP contribution in [-0.4, -0.2) is 37.8 Å². The molecule has 1 amide bonds. The molecule has 0 atom stereocenters. The van der Waals surface area contributed by atoms with Crippen LogP contribution in [0.2, 0.25) is 0 Å². The van der Waals surface area contributed by atoms with Gasteiger partial charge in [0.1, 0.15) is 5.75 Å². The average molecular weight is 431 g/mol. The van der Waals surface area contributed by atoms with Gasteiger partial charge in [0.05, 0.1) is 18.0 Å². The van der Waals surface area contributed by atoms with Crippen molar-refractivity contribution in [3.05, 3.63) is 60.2 Å². The summed E-state index contributed by atoms with van der Waals surface area (Å²) in [7, 11) is -3.85. The Balaban J connectivity index is 1.79. The van der Waals surface area contributed by atoms with Crippen LogP contribution in [-0.2, 0) is 21.4 Å². The molecule has 0 aromatic heterocycles. The highest BCUT2D eigenvalue weighted by Gasteiger charge is 2.28. The summed E-state index contributed by atoms with van der Waals surface area (Å²) in [6, 6.07) is 15.8. The lowest BCUT2D eigenvalue weighted by atomic mass is 9.95. The highest BCUT2D eigenvalue weighted by molar-refractivity contribution is 7.89. The van der Waals surface area contributed by atoms with Gasteiger partial charge in [-0.3, -0.25) is 4.79 Å². The van der Waals surface area contributed by atoms with Gasteiger partial charge < -0.3 is 10.1 Å². The van der Waals surface area contributed by atoms with Crippen LogP contribution >= 0.6 is 0 Å². The van der Waals surface area contributed by atoms with Crippen molar-refractivity contribution in [3.8, 4) is 5.75 Å². The molecule has 0 radical (unpaired) electrons. The molecule has 1 fully saturated rings. The number of amides is 1. The zero-order valence-corrected chi connectivity index (χ0v) is 18.2. The molecule has 162 valence electrons. The van der Waals surface area contributed by atoms with E-state index in [-0.39, 0.29) is 29.9 Å². The van der Waals surface area contributed by atoms with E-state index in [1.807, 2.05) is 37.3 Å². The molecular formula is C23H30N2O4S. The standard InChI is InChI=1S/C23H30N2O4S/c1-2-29-21-13-15-22(16-14-21)30(27,28)25(17-19-9-5-3-6-10-19)18-23(26)24-20-11-7-4-8-12-20/h3,5-6,9-10,13-16,20H,2,4,7-8,11-12,17-18H2,1H3,(H,24,26). The van der Waals surface area contributed by atoms with Gasteiger partial charge in [0.25, 0.3) is 0 Å². The molecule has 1 N–H and O–H groups in total. The summed E-state index contributed by atoms with van der Waals surface area (Å²) in [5.74, 6) is 0.355. The molecule has 6 nitrogen and oxygen atoms in total. The molecule has 7 heteroatoms. The van der Waals surface area contributed by atoms with Gasteiger partial charge in [-0.2, -0.15) is 4.31 Å². The number of carbonyl (C=O) groups excluding carboxylic acids is 1. The number of sulfonamides is 1. The fraction of sp³-hybridized carbons (Fsp3) is 0.435.